The van der Waals surface area contributed by atoms with E-state index in [1.54, 1.807) is 0 Å². The highest BCUT2D eigenvalue weighted by molar-refractivity contribution is 6.00. The number of nitrogens with one attached hydrogen (secondary N) is 1. The number of hydrogen-bond donors (Lipinski definition) is 1. The predicted molar refractivity (Wildman–Crippen MR) is 135 cm³/mol. The second kappa shape index (κ2) is 11.0. The normalized spacial score (nSPS) is 11.8. The van der Waals surface area contributed by atoms with E-state index in [0.717, 1.165) is 23.2 Å². The number of rotatable bonds is 8. The van der Waals surface area contributed by atoms with Gasteiger partial charge in [-0.2, -0.15) is 0 Å². The van der Waals surface area contributed by atoms with Crippen LogP contribution in [0.5, 0.6) is 0 Å². The summed E-state index contributed by atoms with van der Waals surface area (Å²) in [6.07, 6.45) is 0.721. The van der Waals surface area contributed by atoms with Gasteiger partial charge in [-0.15, -0.1) is 0 Å². The number of carbonyl (C=O) groups excluding carboxylic acids is 2. The van der Waals surface area contributed by atoms with E-state index >= 15 is 0 Å². The van der Waals surface area contributed by atoms with Gasteiger partial charge in [0, 0.05) is 18.2 Å². The molecule has 3 aromatic carbocycles. The average molecular weight is 443 g/mol. The molecule has 0 saturated heterocycles. The molecule has 0 bridgehead atoms. The topological polar surface area (TPSA) is 49.4 Å². The molecule has 0 spiro atoms. The lowest BCUT2D eigenvalue weighted by Gasteiger charge is -2.29. The van der Waals surface area contributed by atoms with Crippen LogP contribution in [0, 0.1) is 26.7 Å². The molecule has 1 N–H and O–H groups in total. The maximum absolute atomic E-state index is 14.0. The first kappa shape index (κ1) is 24.2. The van der Waals surface area contributed by atoms with Crippen molar-refractivity contribution in [2.45, 2.75) is 47.1 Å². The first-order valence-electron chi connectivity index (χ1n) is 11.6. The fraction of sp³-hybridized carbons (Fsp3) is 0.310. The third-order valence-corrected chi connectivity index (χ3v) is 6.00. The number of aryl methyl sites for hydroxylation is 3. The van der Waals surface area contributed by atoms with Crippen molar-refractivity contribution in [3.05, 3.63) is 101 Å². The average Bonchev–Trinajstić information content (AvgIpc) is 2.81. The maximum Gasteiger partial charge on any atom is 0.254 e. The number of hydrogen-bond acceptors (Lipinski definition) is 2. The Balaban J connectivity index is 1.97. The second-order valence-corrected chi connectivity index (χ2v) is 9.00. The van der Waals surface area contributed by atoms with Crippen LogP contribution in [0.2, 0.25) is 0 Å². The summed E-state index contributed by atoms with van der Waals surface area (Å²) in [5.41, 5.74) is 6.31. The van der Waals surface area contributed by atoms with Gasteiger partial charge >= 0.3 is 0 Å². The largest absolute Gasteiger partial charge is 0.340 e. The molecule has 2 amide bonds. The van der Waals surface area contributed by atoms with Gasteiger partial charge in [-0.1, -0.05) is 80.1 Å². The Morgan fingerprint density at radius 3 is 2.12 bits per heavy atom. The quantitative estimate of drug-likeness (QED) is 0.486. The van der Waals surface area contributed by atoms with Crippen molar-refractivity contribution in [2.75, 3.05) is 11.4 Å². The molecule has 4 heteroatoms. The number of nitrogens with zero attached hydrogens (tertiary/aromatic N) is 1. The monoisotopic (exact) mass is 442 g/mol. The Labute approximate surface area is 197 Å². The highest BCUT2D eigenvalue weighted by Gasteiger charge is 2.29. The summed E-state index contributed by atoms with van der Waals surface area (Å²) in [6, 6.07) is 23.2. The van der Waals surface area contributed by atoms with Crippen molar-refractivity contribution in [1.29, 1.82) is 0 Å². The number of carbonyl (C=O) groups is 2. The first-order valence-corrected chi connectivity index (χ1v) is 11.6. The fourth-order valence-electron chi connectivity index (χ4n) is 3.65. The SMILES string of the molecule is Cc1ccc(CCN(C(=O)C(NC(=O)C(C)C)c2ccccc2)c2ccc(C)c(C)c2)cc1. The third-order valence-electron chi connectivity index (χ3n) is 6.00. The zero-order valence-corrected chi connectivity index (χ0v) is 20.3. The minimum absolute atomic E-state index is 0.134. The van der Waals surface area contributed by atoms with Crippen molar-refractivity contribution in [2.24, 2.45) is 5.92 Å². The van der Waals surface area contributed by atoms with Crippen LogP contribution in [-0.2, 0) is 16.0 Å². The summed E-state index contributed by atoms with van der Waals surface area (Å²) in [5, 5.41) is 2.98. The molecule has 0 aliphatic carbocycles. The second-order valence-electron chi connectivity index (χ2n) is 9.00. The lowest BCUT2D eigenvalue weighted by atomic mass is 10.0. The number of anilines is 1. The molecule has 3 aromatic rings. The minimum Gasteiger partial charge on any atom is -0.340 e. The van der Waals surface area contributed by atoms with E-state index in [4.69, 9.17) is 0 Å². The zero-order valence-electron chi connectivity index (χ0n) is 20.3. The summed E-state index contributed by atoms with van der Waals surface area (Å²) >= 11 is 0. The molecule has 4 nitrogen and oxygen atoms in total. The van der Waals surface area contributed by atoms with Crippen LogP contribution in [0.1, 0.15) is 47.7 Å². The lowest BCUT2D eigenvalue weighted by Crippen LogP contribution is -2.45. The van der Waals surface area contributed by atoms with Crippen molar-refractivity contribution in [1.82, 2.24) is 5.32 Å². The van der Waals surface area contributed by atoms with Gasteiger partial charge in [-0.3, -0.25) is 9.59 Å². The van der Waals surface area contributed by atoms with Gasteiger partial charge in [0.1, 0.15) is 6.04 Å². The standard InChI is InChI=1S/C29H34N2O2/c1-20(2)28(32)30-27(25-9-7-6-8-10-25)29(33)31(26-16-13-22(4)23(5)19-26)18-17-24-14-11-21(3)12-15-24/h6-16,19-20,27H,17-18H2,1-5H3,(H,30,32). The fourth-order valence-corrected chi connectivity index (χ4v) is 3.65. The van der Waals surface area contributed by atoms with E-state index in [9.17, 15) is 9.59 Å². The molecule has 33 heavy (non-hydrogen) atoms. The van der Waals surface area contributed by atoms with Gasteiger partial charge in [0.15, 0.2) is 0 Å². The van der Waals surface area contributed by atoms with Crippen LogP contribution in [0.3, 0.4) is 0 Å². The first-order chi connectivity index (χ1) is 15.8. The molecule has 0 aliphatic rings. The lowest BCUT2D eigenvalue weighted by molar-refractivity contribution is -0.129. The van der Waals surface area contributed by atoms with Crippen LogP contribution in [0.4, 0.5) is 5.69 Å². The summed E-state index contributed by atoms with van der Waals surface area (Å²) in [7, 11) is 0. The molecule has 0 aromatic heterocycles. The van der Waals surface area contributed by atoms with E-state index in [1.165, 1.54) is 16.7 Å². The summed E-state index contributed by atoms with van der Waals surface area (Å²) in [6.45, 7) is 10.4. The van der Waals surface area contributed by atoms with Crippen molar-refractivity contribution < 1.29 is 9.59 Å². The van der Waals surface area contributed by atoms with Gasteiger partial charge < -0.3 is 10.2 Å². The number of amides is 2. The maximum atomic E-state index is 14.0. The highest BCUT2D eigenvalue weighted by atomic mass is 16.2. The Morgan fingerprint density at radius 1 is 0.848 bits per heavy atom. The molecule has 3 rings (SSSR count). The van der Waals surface area contributed by atoms with E-state index < -0.39 is 6.04 Å². The molecule has 0 aliphatic heterocycles. The van der Waals surface area contributed by atoms with Crippen LogP contribution < -0.4 is 10.2 Å². The smallest absolute Gasteiger partial charge is 0.254 e. The highest BCUT2D eigenvalue weighted by Crippen LogP contribution is 2.25. The van der Waals surface area contributed by atoms with E-state index in [-0.39, 0.29) is 17.7 Å². The van der Waals surface area contributed by atoms with Gasteiger partial charge in [-0.05, 0) is 61.6 Å². The van der Waals surface area contributed by atoms with Gasteiger partial charge in [0.25, 0.3) is 5.91 Å². The Morgan fingerprint density at radius 2 is 1.52 bits per heavy atom. The summed E-state index contributed by atoms with van der Waals surface area (Å²) in [4.78, 5) is 28.4. The minimum atomic E-state index is -0.749. The predicted octanol–water partition coefficient (Wildman–Crippen LogP) is 5.70. The molecule has 1 atom stereocenters. The van der Waals surface area contributed by atoms with E-state index in [0.29, 0.717) is 6.54 Å². The van der Waals surface area contributed by atoms with Crippen LogP contribution >= 0.6 is 0 Å². The van der Waals surface area contributed by atoms with E-state index in [1.807, 2.05) is 61.2 Å². The van der Waals surface area contributed by atoms with Gasteiger partial charge in [0.05, 0.1) is 0 Å². The van der Waals surface area contributed by atoms with E-state index in [2.05, 4.69) is 56.4 Å². The Kier molecular flexibility index (Phi) is 8.05. The molecular weight excluding hydrogens is 408 g/mol. The third kappa shape index (κ3) is 6.32. The van der Waals surface area contributed by atoms with Gasteiger partial charge in [-0.25, -0.2) is 0 Å². The van der Waals surface area contributed by atoms with Gasteiger partial charge in [0.2, 0.25) is 5.91 Å². The molecule has 172 valence electrons. The van der Waals surface area contributed by atoms with Crippen LogP contribution in [0.15, 0.2) is 72.8 Å². The summed E-state index contributed by atoms with van der Waals surface area (Å²) in [5.74, 6) is -0.493. The molecule has 0 radical (unpaired) electrons. The molecule has 1 unspecified atom stereocenters. The van der Waals surface area contributed by atoms with Crippen molar-refractivity contribution >= 4 is 17.5 Å². The molecule has 0 heterocycles. The van der Waals surface area contributed by atoms with Crippen LogP contribution in [0.25, 0.3) is 0 Å². The molecular formula is C29H34N2O2. The Hall–Kier alpha value is -3.40. The molecule has 0 fully saturated rings. The van der Waals surface area contributed by atoms with Crippen molar-refractivity contribution in [3.8, 4) is 0 Å². The summed E-state index contributed by atoms with van der Waals surface area (Å²) < 4.78 is 0. The zero-order chi connectivity index (χ0) is 24.0. The molecule has 0 saturated carbocycles. The Bertz CT molecular complexity index is 1090. The van der Waals surface area contributed by atoms with Crippen LogP contribution in [-0.4, -0.2) is 18.4 Å². The van der Waals surface area contributed by atoms with Crippen molar-refractivity contribution in [3.63, 3.8) is 0 Å². The number of benzene rings is 3.